The van der Waals surface area contributed by atoms with Crippen LogP contribution in [0.2, 0.25) is 0 Å². The van der Waals surface area contributed by atoms with Crippen molar-refractivity contribution in [3.63, 3.8) is 0 Å². The van der Waals surface area contributed by atoms with Crippen LogP contribution in [-0.2, 0) is 4.74 Å². The molecular formula is C6H12OS. The van der Waals surface area contributed by atoms with Gasteiger partial charge >= 0.3 is 0 Å². The second-order valence-electron chi connectivity index (χ2n) is 2.23. The Morgan fingerprint density at radius 1 is 1.62 bits per heavy atom. The van der Waals surface area contributed by atoms with E-state index in [4.69, 9.17) is 4.74 Å². The van der Waals surface area contributed by atoms with E-state index in [0.717, 1.165) is 6.42 Å². The molecule has 0 spiro atoms. The topological polar surface area (TPSA) is 9.23 Å². The molecule has 0 radical (unpaired) electrons. The first-order valence-electron chi connectivity index (χ1n) is 2.96. The summed E-state index contributed by atoms with van der Waals surface area (Å²) in [7, 11) is 1.81. The van der Waals surface area contributed by atoms with E-state index in [1.165, 1.54) is 11.5 Å². The van der Waals surface area contributed by atoms with Gasteiger partial charge in [-0.05, 0) is 6.42 Å². The maximum atomic E-state index is 5.30. The van der Waals surface area contributed by atoms with E-state index >= 15 is 0 Å². The summed E-state index contributed by atoms with van der Waals surface area (Å²) in [6.45, 7) is 2.18. The van der Waals surface area contributed by atoms with E-state index in [9.17, 15) is 0 Å². The standard InChI is InChI=1S/C6H12OS/c1-3-6(7-2)4-8-5-6/h3-5H2,1-2H3. The highest BCUT2D eigenvalue weighted by molar-refractivity contribution is 8.00. The second-order valence-corrected chi connectivity index (χ2v) is 3.22. The van der Waals surface area contributed by atoms with Crippen molar-refractivity contribution in [1.82, 2.24) is 0 Å². The zero-order chi connectivity index (χ0) is 6.04. The molecule has 1 aliphatic heterocycles. The van der Waals surface area contributed by atoms with E-state index in [-0.39, 0.29) is 5.60 Å². The number of hydrogen-bond acceptors (Lipinski definition) is 2. The van der Waals surface area contributed by atoms with Gasteiger partial charge in [0.2, 0.25) is 0 Å². The molecule has 0 amide bonds. The second kappa shape index (κ2) is 2.28. The Hall–Kier alpha value is 0.310. The van der Waals surface area contributed by atoms with Gasteiger partial charge in [0.25, 0.3) is 0 Å². The van der Waals surface area contributed by atoms with Crippen molar-refractivity contribution >= 4 is 11.8 Å². The number of ether oxygens (including phenoxy) is 1. The fourth-order valence-electron chi connectivity index (χ4n) is 0.796. The maximum absolute atomic E-state index is 5.30. The average molecular weight is 132 g/mol. The van der Waals surface area contributed by atoms with Crippen LogP contribution in [0.3, 0.4) is 0 Å². The molecule has 0 saturated carbocycles. The van der Waals surface area contributed by atoms with Crippen LogP contribution in [0.25, 0.3) is 0 Å². The number of rotatable bonds is 2. The molecule has 0 aromatic rings. The molecule has 0 aliphatic carbocycles. The third-order valence-corrected chi connectivity index (χ3v) is 3.27. The van der Waals surface area contributed by atoms with Crippen molar-refractivity contribution in [2.75, 3.05) is 18.6 Å². The van der Waals surface area contributed by atoms with Gasteiger partial charge in [-0.15, -0.1) is 0 Å². The van der Waals surface area contributed by atoms with Crippen LogP contribution >= 0.6 is 11.8 Å². The summed E-state index contributed by atoms with van der Waals surface area (Å²) in [5, 5.41) is 0. The number of thioether (sulfide) groups is 1. The molecular weight excluding hydrogens is 120 g/mol. The lowest BCUT2D eigenvalue weighted by atomic mass is 10.1. The first-order valence-corrected chi connectivity index (χ1v) is 4.11. The van der Waals surface area contributed by atoms with Gasteiger partial charge in [0.1, 0.15) is 0 Å². The third kappa shape index (κ3) is 0.869. The molecule has 1 nitrogen and oxygen atoms in total. The highest BCUT2D eigenvalue weighted by Crippen LogP contribution is 2.34. The molecule has 0 aromatic carbocycles. The Morgan fingerprint density at radius 3 is 2.25 bits per heavy atom. The first kappa shape index (κ1) is 6.43. The van der Waals surface area contributed by atoms with E-state index in [2.05, 4.69) is 6.92 Å². The lowest BCUT2D eigenvalue weighted by molar-refractivity contribution is 0.0185. The molecule has 1 fully saturated rings. The van der Waals surface area contributed by atoms with Crippen molar-refractivity contribution < 1.29 is 4.74 Å². The van der Waals surface area contributed by atoms with E-state index in [1.54, 1.807) is 0 Å². The third-order valence-electron chi connectivity index (χ3n) is 1.81. The van der Waals surface area contributed by atoms with Crippen LogP contribution in [0.15, 0.2) is 0 Å². The van der Waals surface area contributed by atoms with Crippen LogP contribution in [0.4, 0.5) is 0 Å². The monoisotopic (exact) mass is 132 g/mol. The summed E-state index contributed by atoms with van der Waals surface area (Å²) in [5.41, 5.74) is 0.269. The van der Waals surface area contributed by atoms with Crippen LogP contribution in [0.5, 0.6) is 0 Å². The molecule has 8 heavy (non-hydrogen) atoms. The van der Waals surface area contributed by atoms with Gasteiger partial charge in [0.05, 0.1) is 5.60 Å². The lowest BCUT2D eigenvalue weighted by Crippen LogP contribution is -2.44. The molecule has 0 unspecified atom stereocenters. The Kier molecular flexibility index (Phi) is 1.83. The Labute approximate surface area is 54.8 Å². The molecule has 1 rings (SSSR count). The first-order chi connectivity index (χ1) is 3.83. The molecule has 1 heterocycles. The van der Waals surface area contributed by atoms with Crippen LogP contribution in [0, 0.1) is 0 Å². The van der Waals surface area contributed by atoms with Crippen LogP contribution in [0.1, 0.15) is 13.3 Å². The minimum atomic E-state index is 0.269. The zero-order valence-electron chi connectivity index (χ0n) is 5.44. The van der Waals surface area contributed by atoms with Gasteiger partial charge < -0.3 is 4.74 Å². The van der Waals surface area contributed by atoms with E-state index in [1.807, 2.05) is 18.9 Å². The van der Waals surface area contributed by atoms with Crippen molar-refractivity contribution in [2.45, 2.75) is 18.9 Å². The van der Waals surface area contributed by atoms with Gasteiger partial charge in [-0.1, -0.05) is 6.92 Å². The summed E-state index contributed by atoms with van der Waals surface area (Å²) >= 11 is 1.97. The normalized spacial score (nSPS) is 24.8. The summed E-state index contributed by atoms with van der Waals surface area (Å²) < 4.78 is 5.30. The Bertz CT molecular complexity index is 65.1. The predicted molar refractivity (Wildman–Crippen MR) is 37.4 cm³/mol. The highest BCUT2D eigenvalue weighted by atomic mass is 32.2. The smallest absolute Gasteiger partial charge is 0.0855 e. The summed E-state index contributed by atoms with van der Waals surface area (Å²) in [5.74, 6) is 2.39. The largest absolute Gasteiger partial charge is 0.377 e. The summed E-state index contributed by atoms with van der Waals surface area (Å²) in [4.78, 5) is 0. The predicted octanol–water partition coefficient (Wildman–Crippen LogP) is 1.53. The van der Waals surface area contributed by atoms with E-state index in [0.29, 0.717) is 0 Å². The Balaban J connectivity index is 2.33. The van der Waals surface area contributed by atoms with Gasteiger partial charge in [-0.3, -0.25) is 0 Å². The molecule has 1 saturated heterocycles. The molecule has 48 valence electrons. The number of hydrogen-bond donors (Lipinski definition) is 0. The van der Waals surface area contributed by atoms with Crippen molar-refractivity contribution in [3.8, 4) is 0 Å². The fraction of sp³-hybridized carbons (Fsp3) is 1.00. The molecule has 2 heteroatoms. The van der Waals surface area contributed by atoms with Gasteiger partial charge in [0.15, 0.2) is 0 Å². The fourth-order valence-corrected chi connectivity index (χ4v) is 2.10. The van der Waals surface area contributed by atoms with Gasteiger partial charge in [-0.25, -0.2) is 0 Å². The Morgan fingerprint density at radius 2 is 2.25 bits per heavy atom. The molecule has 0 atom stereocenters. The molecule has 0 aromatic heterocycles. The SMILES string of the molecule is CCC1(OC)CSC1. The maximum Gasteiger partial charge on any atom is 0.0855 e. The van der Waals surface area contributed by atoms with Crippen molar-refractivity contribution in [3.05, 3.63) is 0 Å². The van der Waals surface area contributed by atoms with Crippen molar-refractivity contribution in [1.29, 1.82) is 0 Å². The molecule has 0 bridgehead atoms. The van der Waals surface area contributed by atoms with Crippen LogP contribution < -0.4 is 0 Å². The van der Waals surface area contributed by atoms with E-state index < -0.39 is 0 Å². The minimum Gasteiger partial charge on any atom is -0.377 e. The highest BCUT2D eigenvalue weighted by Gasteiger charge is 2.35. The van der Waals surface area contributed by atoms with Gasteiger partial charge in [-0.2, -0.15) is 11.8 Å². The molecule has 0 N–H and O–H groups in total. The summed E-state index contributed by atoms with van der Waals surface area (Å²) in [6, 6.07) is 0. The zero-order valence-corrected chi connectivity index (χ0v) is 6.25. The lowest BCUT2D eigenvalue weighted by Gasteiger charge is -2.38. The minimum absolute atomic E-state index is 0.269. The number of methoxy groups -OCH3 is 1. The molecule has 1 aliphatic rings. The van der Waals surface area contributed by atoms with Crippen molar-refractivity contribution in [2.24, 2.45) is 0 Å². The average Bonchev–Trinajstić information content (AvgIpc) is 1.67. The summed E-state index contributed by atoms with van der Waals surface area (Å²) in [6.07, 6.45) is 1.16. The quantitative estimate of drug-likeness (QED) is 0.563. The van der Waals surface area contributed by atoms with Gasteiger partial charge in [0, 0.05) is 18.6 Å². The van der Waals surface area contributed by atoms with Crippen LogP contribution in [-0.4, -0.2) is 24.2 Å².